The molecule has 6 nitrogen and oxygen atoms in total. The van der Waals surface area contributed by atoms with Crippen molar-refractivity contribution in [3.63, 3.8) is 0 Å². The van der Waals surface area contributed by atoms with Gasteiger partial charge in [-0.15, -0.1) is 0 Å². The molecule has 6 heteroatoms. The molecule has 0 spiro atoms. The Kier molecular flexibility index (Phi) is 7.70. The van der Waals surface area contributed by atoms with Crippen molar-refractivity contribution in [1.82, 2.24) is 14.9 Å². The number of nitrogens with zero attached hydrogens (tertiary/aromatic N) is 2. The lowest BCUT2D eigenvalue weighted by atomic mass is 10.0. The molecule has 0 aliphatic carbocycles. The first kappa shape index (κ1) is 24.3. The number of nitrogens with one attached hydrogen (secondary N) is 1. The first-order valence-electron chi connectivity index (χ1n) is 12.1. The van der Waals surface area contributed by atoms with E-state index in [0.29, 0.717) is 37.6 Å². The molecule has 1 heterocycles. The van der Waals surface area contributed by atoms with E-state index in [9.17, 15) is 4.79 Å². The molecule has 0 atom stereocenters. The number of para-hydroxylation sites is 2. The number of rotatable bonds is 10. The number of aromatic nitrogens is 2. The number of hydrogen-bond donors (Lipinski definition) is 1. The van der Waals surface area contributed by atoms with Gasteiger partial charge in [0, 0.05) is 18.5 Å². The highest BCUT2D eigenvalue weighted by molar-refractivity contribution is 5.94. The van der Waals surface area contributed by atoms with Gasteiger partial charge in [-0.05, 0) is 66.4 Å². The van der Waals surface area contributed by atoms with Crippen LogP contribution in [0, 0.1) is 6.92 Å². The summed E-state index contributed by atoms with van der Waals surface area (Å²) in [7, 11) is 1.61. The number of benzene rings is 3. The molecule has 0 unspecified atom stereocenters. The molecule has 0 fully saturated rings. The largest absolute Gasteiger partial charge is 0.497 e. The molecule has 1 aromatic heterocycles. The molecular weight excluding hydrogens is 438 g/mol. The molecule has 0 radical (unpaired) electrons. The fraction of sp³-hybridized carbons (Fsp3) is 0.310. The third-order valence-corrected chi connectivity index (χ3v) is 6.08. The van der Waals surface area contributed by atoms with Gasteiger partial charge in [-0.3, -0.25) is 4.79 Å². The van der Waals surface area contributed by atoms with Gasteiger partial charge in [-0.2, -0.15) is 0 Å². The second-order valence-electron chi connectivity index (χ2n) is 8.95. The van der Waals surface area contributed by atoms with Crippen molar-refractivity contribution in [3.8, 4) is 11.5 Å². The number of ether oxygens (including phenoxy) is 2. The first-order chi connectivity index (χ1) is 17.0. The number of fused-ring (bicyclic) bond motifs is 1. The summed E-state index contributed by atoms with van der Waals surface area (Å²) in [5.74, 6) is 2.88. The third kappa shape index (κ3) is 5.83. The maximum Gasteiger partial charge on any atom is 0.251 e. The van der Waals surface area contributed by atoms with Gasteiger partial charge in [0.2, 0.25) is 0 Å². The average Bonchev–Trinajstić information content (AvgIpc) is 3.21. The number of amides is 1. The average molecular weight is 472 g/mol. The van der Waals surface area contributed by atoms with Crippen molar-refractivity contribution >= 4 is 16.9 Å². The van der Waals surface area contributed by atoms with Crippen LogP contribution in [0.25, 0.3) is 11.0 Å². The Morgan fingerprint density at radius 2 is 1.83 bits per heavy atom. The van der Waals surface area contributed by atoms with Gasteiger partial charge < -0.3 is 19.4 Å². The van der Waals surface area contributed by atoms with Crippen LogP contribution in [0.3, 0.4) is 0 Å². The highest BCUT2D eigenvalue weighted by Gasteiger charge is 2.13. The Bertz CT molecular complexity index is 1290. The van der Waals surface area contributed by atoms with Crippen molar-refractivity contribution < 1.29 is 14.3 Å². The van der Waals surface area contributed by atoms with Crippen molar-refractivity contribution in [2.24, 2.45) is 0 Å². The summed E-state index contributed by atoms with van der Waals surface area (Å²) in [5.41, 5.74) is 5.02. The lowest BCUT2D eigenvalue weighted by Crippen LogP contribution is -2.26. The van der Waals surface area contributed by atoms with Gasteiger partial charge in [0.15, 0.2) is 0 Å². The topological polar surface area (TPSA) is 65.4 Å². The van der Waals surface area contributed by atoms with Gasteiger partial charge >= 0.3 is 0 Å². The molecule has 182 valence electrons. The van der Waals surface area contributed by atoms with E-state index in [0.717, 1.165) is 28.4 Å². The lowest BCUT2D eigenvalue weighted by molar-refractivity contribution is 0.0954. The molecule has 4 aromatic rings. The number of carbonyl (C=O) groups excluding carboxylic acids is 1. The third-order valence-electron chi connectivity index (χ3n) is 6.08. The Balaban J connectivity index is 1.43. The molecule has 35 heavy (non-hydrogen) atoms. The smallest absolute Gasteiger partial charge is 0.251 e. The predicted molar refractivity (Wildman–Crippen MR) is 140 cm³/mol. The summed E-state index contributed by atoms with van der Waals surface area (Å²) in [6, 6.07) is 21.6. The van der Waals surface area contributed by atoms with Crippen molar-refractivity contribution in [3.05, 3.63) is 89.2 Å². The molecule has 1 N–H and O–H groups in total. The zero-order chi connectivity index (χ0) is 24.8. The van der Waals surface area contributed by atoms with Crippen LogP contribution in [0.4, 0.5) is 0 Å². The van der Waals surface area contributed by atoms with E-state index < -0.39 is 0 Å². The monoisotopic (exact) mass is 471 g/mol. The summed E-state index contributed by atoms with van der Waals surface area (Å²) < 4.78 is 13.6. The highest BCUT2D eigenvalue weighted by Crippen LogP contribution is 2.27. The molecule has 3 aromatic carbocycles. The van der Waals surface area contributed by atoms with E-state index in [2.05, 4.69) is 54.9 Å². The Morgan fingerprint density at radius 1 is 1.06 bits per heavy atom. The molecule has 0 saturated carbocycles. The van der Waals surface area contributed by atoms with Gasteiger partial charge in [-0.25, -0.2) is 4.98 Å². The van der Waals surface area contributed by atoms with Gasteiger partial charge in [0.05, 0.1) is 24.7 Å². The summed E-state index contributed by atoms with van der Waals surface area (Å²) in [5, 5.41) is 3.00. The van der Waals surface area contributed by atoms with E-state index >= 15 is 0 Å². The van der Waals surface area contributed by atoms with E-state index in [1.165, 1.54) is 11.1 Å². The minimum absolute atomic E-state index is 0.112. The molecular formula is C29H33N3O3. The summed E-state index contributed by atoms with van der Waals surface area (Å²) in [6.45, 7) is 8.14. The van der Waals surface area contributed by atoms with Crippen LogP contribution in [0.1, 0.15) is 47.1 Å². The number of aryl methyl sites for hydroxylation is 1. The van der Waals surface area contributed by atoms with Crippen LogP contribution in [-0.2, 0) is 13.0 Å². The van der Waals surface area contributed by atoms with E-state index in [4.69, 9.17) is 14.5 Å². The number of hydrogen-bond acceptors (Lipinski definition) is 4. The summed E-state index contributed by atoms with van der Waals surface area (Å²) >= 11 is 0. The highest BCUT2D eigenvalue weighted by atomic mass is 16.5. The quantitative estimate of drug-likeness (QED) is 0.330. The van der Waals surface area contributed by atoms with Crippen LogP contribution in [0.2, 0.25) is 0 Å². The SMILES string of the molecule is COc1ccc(C(=O)NCCc2nc3ccccc3n2CCOc2cc(C)ccc2C(C)C)cc1. The zero-order valence-electron chi connectivity index (χ0n) is 20.9. The fourth-order valence-electron chi connectivity index (χ4n) is 4.19. The van der Waals surface area contributed by atoms with Gasteiger partial charge in [0.1, 0.15) is 23.9 Å². The Morgan fingerprint density at radius 3 is 2.57 bits per heavy atom. The Hall–Kier alpha value is -3.80. The standard InChI is InChI=1S/C29H33N3O3/c1-20(2)24-14-9-21(3)19-27(24)35-18-17-32-26-8-6-5-7-25(26)31-28(32)15-16-30-29(33)22-10-12-23(34-4)13-11-22/h5-14,19-20H,15-18H2,1-4H3,(H,30,33). The van der Waals surface area contributed by atoms with Crippen LogP contribution >= 0.6 is 0 Å². The zero-order valence-corrected chi connectivity index (χ0v) is 20.9. The van der Waals surface area contributed by atoms with E-state index in [1.54, 1.807) is 31.4 Å². The van der Waals surface area contributed by atoms with Crippen LogP contribution < -0.4 is 14.8 Å². The minimum Gasteiger partial charge on any atom is -0.497 e. The first-order valence-corrected chi connectivity index (χ1v) is 12.1. The van der Waals surface area contributed by atoms with Crippen LogP contribution in [-0.4, -0.2) is 35.7 Å². The van der Waals surface area contributed by atoms with Crippen LogP contribution in [0.5, 0.6) is 11.5 Å². The molecule has 0 saturated heterocycles. The van der Waals surface area contributed by atoms with Crippen molar-refractivity contribution in [2.45, 2.75) is 39.7 Å². The summed E-state index contributed by atoms with van der Waals surface area (Å²) in [6.07, 6.45) is 0.623. The maximum atomic E-state index is 12.5. The second-order valence-corrected chi connectivity index (χ2v) is 8.95. The normalized spacial score (nSPS) is 11.1. The predicted octanol–water partition coefficient (Wildman–Crippen LogP) is 5.53. The van der Waals surface area contributed by atoms with Gasteiger partial charge in [-0.1, -0.05) is 38.1 Å². The fourth-order valence-corrected chi connectivity index (χ4v) is 4.19. The minimum atomic E-state index is -0.112. The number of imidazole rings is 1. The van der Waals surface area contributed by atoms with Gasteiger partial charge in [0.25, 0.3) is 5.91 Å². The summed E-state index contributed by atoms with van der Waals surface area (Å²) in [4.78, 5) is 17.4. The maximum absolute atomic E-state index is 12.5. The van der Waals surface area contributed by atoms with E-state index in [-0.39, 0.29) is 5.91 Å². The van der Waals surface area contributed by atoms with Crippen LogP contribution in [0.15, 0.2) is 66.7 Å². The number of carbonyl (C=O) groups is 1. The molecule has 0 aliphatic heterocycles. The lowest BCUT2D eigenvalue weighted by Gasteiger charge is -2.16. The molecule has 0 aliphatic rings. The van der Waals surface area contributed by atoms with Crippen molar-refractivity contribution in [2.75, 3.05) is 20.3 Å². The molecule has 4 rings (SSSR count). The molecule has 1 amide bonds. The van der Waals surface area contributed by atoms with E-state index in [1.807, 2.05) is 18.2 Å². The Labute approximate surface area is 206 Å². The molecule has 0 bridgehead atoms. The second kappa shape index (κ2) is 11.1. The van der Waals surface area contributed by atoms with Crippen molar-refractivity contribution in [1.29, 1.82) is 0 Å². The number of methoxy groups -OCH3 is 1.